The van der Waals surface area contributed by atoms with Crippen molar-refractivity contribution in [2.75, 3.05) is 7.11 Å². The number of nitrogens with zero attached hydrogens (tertiary/aromatic N) is 2. The smallest absolute Gasteiger partial charge is 0.329 e. The molecular formula is C25H23ClN4O4S. The fourth-order valence-electron chi connectivity index (χ4n) is 3.62. The van der Waals surface area contributed by atoms with E-state index in [1.807, 2.05) is 59.2 Å². The van der Waals surface area contributed by atoms with Crippen LogP contribution in [0, 0.1) is 0 Å². The Bertz CT molecular complexity index is 1410. The summed E-state index contributed by atoms with van der Waals surface area (Å²) in [6, 6.07) is 21.3. The van der Waals surface area contributed by atoms with Gasteiger partial charge >= 0.3 is 6.03 Å². The molecule has 0 saturated carbocycles. The minimum absolute atomic E-state index is 0.0173. The molecule has 10 heteroatoms. The van der Waals surface area contributed by atoms with Gasteiger partial charge in [-0.3, -0.25) is 0 Å². The molecule has 0 aliphatic carbocycles. The number of aromatic nitrogens is 2. The maximum absolute atomic E-state index is 12.9. The number of sulfonamides is 1. The van der Waals surface area contributed by atoms with Crippen molar-refractivity contribution in [3.63, 3.8) is 0 Å². The molecule has 2 amide bonds. The van der Waals surface area contributed by atoms with Crippen LogP contribution >= 0.6 is 11.6 Å². The largest absolute Gasteiger partial charge is 0.497 e. The predicted octanol–water partition coefficient (Wildman–Crippen LogP) is 4.51. The minimum Gasteiger partial charge on any atom is -0.497 e. The number of nitrogens with one attached hydrogen (secondary N) is 2. The first-order valence-electron chi connectivity index (χ1n) is 10.7. The highest BCUT2D eigenvalue weighted by molar-refractivity contribution is 7.90. The summed E-state index contributed by atoms with van der Waals surface area (Å²) in [6.07, 6.45) is 3.78. The summed E-state index contributed by atoms with van der Waals surface area (Å²) < 4.78 is 34.6. The number of hydrogen-bond donors (Lipinski definition) is 2. The number of hydrogen-bond acceptors (Lipinski definition) is 5. The second kappa shape index (κ2) is 10.6. The Labute approximate surface area is 208 Å². The van der Waals surface area contributed by atoms with Gasteiger partial charge in [-0.2, -0.15) is 0 Å². The van der Waals surface area contributed by atoms with Crippen LogP contribution in [0.15, 0.2) is 96.2 Å². The molecule has 180 valence electrons. The number of carbonyl (C=O) groups is 1. The topological polar surface area (TPSA) is 102 Å². The number of imidazole rings is 1. The summed E-state index contributed by atoms with van der Waals surface area (Å²) in [7, 11) is -2.59. The molecule has 1 atom stereocenters. The van der Waals surface area contributed by atoms with E-state index in [1.165, 1.54) is 18.2 Å². The van der Waals surface area contributed by atoms with Crippen LogP contribution in [-0.4, -0.2) is 31.1 Å². The van der Waals surface area contributed by atoms with Gasteiger partial charge in [0.05, 0.1) is 18.2 Å². The molecule has 0 fully saturated rings. The summed E-state index contributed by atoms with van der Waals surface area (Å²) in [6.45, 7) is 0. The Morgan fingerprint density at radius 1 is 1.03 bits per heavy atom. The number of amides is 2. The highest BCUT2D eigenvalue weighted by atomic mass is 35.5. The summed E-state index contributed by atoms with van der Waals surface area (Å²) in [5, 5.41) is 2.78. The van der Waals surface area contributed by atoms with Crippen LogP contribution in [-0.2, 0) is 16.4 Å². The lowest BCUT2D eigenvalue weighted by atomic mass is 10.1. The van der Waals surface area contributed by atoms with E-state index in [-0.39, 0.29) is 9.92 Å². The van der Waals surface area contributed by atoms with Gasteiger partial charge in [0.25, 0.3) is 10.0 Å². The number of rotatable bonds is 8. The average molecular weight is 511 g/mol. The van der Waals surface area contributed by atoms with Crippen LogP contribution in [0.5, 0.6) is 5.75 Å². The number of ether oxygens (including phenoxy) is 1. The van der Waals surface area contributed by atoms with Crippen LogP contribution in [0.2, 0.25) is 5.02 Å². The maximum Gasteiger partial charge on any atom is 0.329 e. The van der Waals surface area contributed by atoms with E-state index >= 15 is 0 Å². The molecule has 1 aromatic heterocycles. The first-order chi connectivity index (χ1) is 16.9. The van der Waals surface area contributed by atoms with E-state index in [4.69, 9.17) is 16.3 Å². The van der Waals surface area contributed by atoms with Gasteiger partial charge in [-0.25, -0.2) is 22.9 Å². The maximum atomic E-state index is 12.9. The SMILES string of the molecule is COc1ccc(-n2ccnc2C(Cc2ccccc2)NC(=O)NS(=O)(=O)c2ccccc2Cl)cc1. The van der Waals surface area contributed by atoms with Gasteiger partial charge in [0.1, 0.15) is 16.5 Å². The normalized spacial score (nSPS) is 12.1. The van der Waals surface area contributed by atoms with Gasteiger partial charge in [0.2, 0.25) is 0 Å². The van der Waals surface area contributed by atoms with E-state index in [9.17, 15) is 13.2 Å². The number of methoxy groups -OCH3 is 1. The molecule has 2 N–H and O–H groups in total. The van der Waals surface area contributed by atoms with Crippen LogP contribution in [0.25, 0.3) is 5.69 Å². The van der Waals surface area contributed by atoms with E-state index in [2.05, 4.69) is 15.0 Å². The fraction of sp³-hybridized carbons (Fsp3) is 0.120. The zero-order valence-corrected chi connectivity index (χ0v) is 20.3. The number of benzene rings is 3. The molecule has 0 aliphatic rings. The fourth-order valence-corrected chi connectivity index (χ4v) is 5.05. The van der Waals surface area contributed by atoms with Gasteiger partial charge in [-0.05, 0) is 48.4 Å². The molecule has 3 aromatic carbocycles. The Kier molecular flexibility index (Phi) is 7.38. The van der Waals surface area contributed by atoms with Gasteiger partial charge in [0.15, 0.2) is 0 Å². The zero-order valence-electron chi connectivity index (χ0n) is 18.8. The standard InChI is InChI=1S/C25H23ClN4O4S/c1-34-20-13-11-19(12-14-20)30-16-15-27-24(30)22(17-18-7-3-2-4-8-18)28-25(31)29-35(32,33)23-10-6-5-9-21(23)26/h2-16,22H,17H2,1H3,(H2,28,29,31). The molecule has 0 spiro atoms. The van der Waals surface area contributed by atoms with Crippen LogP contribution in [0.4, 0.5) is 4.79 Å². The highest BCUT2D eigenvalue weighted by Crippen LogP contribution is 2.23. The lowest BCUT2D eigenvalue weighted by Crippen LogP contribution is -2.42. The average Bonchev–Trinajstić information content (AvgIpc) is 3.34. The predicted molar refractivity (Wildman–Crippen MR) is 133 cm³/mol. The Hall–Kier alpha value is -3.82. The number of halogens is 1. The second-order valence-corrected chi connectivity index (χ2v) is 9.66. The molecule has 0 saturated heterocycles. The molecule has 4 aromatic rings. The molecule has 35 heavy (non-hydrogen) atoms. The van der Waals surface area contributed by atoms with Crippen molar-refractivity contribution in [2.24, 2.45) is 0 Å². The summed E-state index contributed by atoms with van der Waals surface area (Å²) >= 11 is 6.02. The first-order valence-corrected chi connectivity index (χ1v) is 12.5. The van der Waals surface area contributed by atoms with Gasteiger partial charge in [-0.1, -0.05) is 54.1 Å². The van der Waals surface area contributed by atoms with Crippen molar-refractivity contribution < 1.29 is 17.9 Å². The van der Waals surface area contributed by atoms with E-state index in [1.54, 1.807) is 25.6 Å². The number of urea groups is 1. The molecule has 0 aliphatic heterocycles. The van der Waals surface area contributed by atoms with Crippen molar-refractivity contribution in [3.05, 3.63) is 108 Å². The third-order valence-electron chi connectivity index (χ3n) is 5.27. The Morgan fingerprint density at radius 3 is 2.40 bits per heavy atom. The van der Waals surface area contributed by atoms with E-state index in [0.717, 1.165) is 11.3 Å². The molecule has 1 unspecified atom stereocenters. The molecule has 8 nitrogen and oxygen atoms in total. The van der Waals surface area contributed by atoms with Crippen LogP contribution in [0.1, 0.15) is 17.4 Å². The quantitative estimate of drug-likeness (QED) is 0.363. The lowest BCUT2D eigenvalue weighted by Gasteiger charge is -2.21. The summed E-state index contributed by atoms with van der Waals surface area (Å²) in [5.74, 6) is 1.24. The van der Waals surface area contributed by atoms with Gasteiger partial charge in [0, 0.05) is 18.1 Å². The Balaban J connectivity index is 1.63. The highest BCUT2D eigenvalue weighted by Gasteiger charge is 2.25. The molecular weight excluding hydrogens is 488 g/mol. The zero-order chi connectivity index (χ0) is 24.8. The molecule has 0 radical (unpaired) electrons. The van der Waals surface area contributed by atoms with Crippen LogP contribution < -0.4 is 14.8 Å². The van der Waals surface area contributed by atoms with Gasteiger partial charge in [-0.15, -0.1) is 0 Å². The van der Waals surface area contributed by atoms with Crippen molar-refractivity contribution >= 4 is 27.7 Å². The van der Waals surface area contributed by atoms with E-state index < -0.39 is 22.1 Å². The summed E-state index contributed by atoms with van der Waals surface area (Å²) in [4.78, 5) is 17.2. The third kappa shape index (κ3) is 5.82. The Morgan fingerprint density at radius 2 is 1.71 bits per heavy atom. The second-order valence-electron chi connectivity index (χ2n) is 7.61. The van der Waals surface area contributed by atoms with Crippen LogP contribution in [0.3, 0.4) is 0 Å². The summed E-state index contributed by atoms with van der Waals surface area (Å²) in [5.41, 5.74) is 1.75. The van der Waals surface area contributed by atoms with Crippen molar-refractivity contribution in [1.82, 2.24) is 19.6 Å². The third-order valence-corrected chi connectivity index (χ3v) is 7.10. The molecule has 4 rings (SSSR count). The monoisotopic (exact) mass is 510 g/mol. The van der Waals surface area contributed by atoms with Crippen molar-refractivity contribution in [3.8, 4) is 11.4 Å². The molecule has 1 heterocycles. The van der Waals surface area contributed by atoms with E-state index in [0.29, 0.717) is 18.0 Å². The van der Waals surface area contributed by atoms with Crippen molar-refractivity contribution in [2.45, 2.75) is 17.4 Å². The lowest BCUT2D eigenvalue weighted by molar-refractivity contribution is 0.241. The minimum atomic E-state index is -4.18. The first kappa shape index (κ1) is 24.3. The molecule has 0 bridgehead atoms. The number of carbonyl (C=O) groups excluding carboxylic acids is 1. The van der Waals surface area contributed by atoms with Gasteiger partial charge < -0.3 is 14.6 Å². The van der Waals surface area contributed by atoms with Crippen molar-refractivity contribution in [1.29, 1.82) is 0 Å².